The van der Waals surface area contributed by atoms with Crippen LogP contribution in [0.5, 0.6) is 6.01 Å². The second kappa shape index (κ2) is 7.08. The number of ether oxygens (including phenoxy) is 2. The predicted octanol–water partition coefficient (Wildman–Crippen LogP) is 2.37. The second-order valence-corrected chi connectivity index (χ2v) is 5.92. The van der Waals surface area contributed by atoms with Crippen molar-refractivity contribution < 1.29 is 18.8 Å². The molecule has 0 N–H and O–H groups in total. The van der Waals surface area contributed by atoms with Gasteiger partial charge in [-0.05, 0) is 29.2 Å². The molecule has 1 aliphatic heterocycles. The van der Waals surface area contributed by atoms with Crippen molar-refractivity contribution in [3.8, 4) is 17.3 Å². The van der Waals surface area contributed by atoms with E-state index in [1.54, 1.807) is 35.0 Å². The van der Waals surface area contributed by atoms with E-state index in [2.05, 4.69) is 15.0 Å². The van der Waals surface area contributed by atoms with Crippen molar-refractivity contribution in [1.82, 2.24) is 19.5 Å². The summed E-state index contributed by atoms with van der Waals surface area (Å²) >= 11 is 0. The molecule has 0 saturated heterocycles. The Hall–Kier alpha value is -3.40. The van der Waals surface area contributed by atoms with E-state index in [9.17, 15) is 14.5 Å². The van der Waals surface area contributed by atoms with Crippen molar-refractivity contribution in [2.75, 3.05) is 6.61 Å². The summed E-state index contributed by atoms with van der Waals surface area (Å²) in [7, 11) is 0. The average Bonchev–Trinajstić information content (AvgIpc) is 3.10. The summed E-state index contributed by atoms with van der Waals surface area (Å²) < 4.78 is 25.9. The Labute approximate surface area is 152 Å². The van der Waals surface area contributed by atoms with Crippen LogP contribution in [0, 0.1) is 16.1 Å². The highest BCUT2D eigenvalue weighted by Crippen LogP contribution is 2.23. The van der Waals surface area contributed by atoms with E-state index < -0.39 is 10.9 Å². The quantitative estimate of drug-likeness (QED) is 0.385. The molecule has 0 spiro atoms. The Morgan fingerprint density at radius 3 is 2.96 bits per heavy atom. The third kappa shape index (κ3) is 3.75. The van der Waals surface area contributed by atoms with E-state index in [4.69, 9.17) is 9.47 Å². The Morgan fingerprint density at radius 1 is 1.33 bits per heavy atom. The van der Waals surface area contributed by atoms with Crippen LogP contribution in [-0.4, -0.2) is 37.2 Å². The van der Waals surface area contributed by atoms with Gasteiger partial charge in [0.05, 0.1) is 24.5 Å². The molecule has 0 radical (unpaired) electrons. The van der Waals surface area contributed by atoms with Crippen LogP contribution in [0.1, 0.15) is 5.69 Å². The molecule has 0 aliphatic carbocycles. The number of nitro groups is 1. The number of fused-ring (bicyclic) bond motifs is 1. The summed E-state index contributed by atoms with van der Waals surface area (Å²) in [5.41, 5.74) is 1.90. The van der Waals surface area contributed by atoms with Gasteiger partial charge in [-0.25, -0.2) is 4.98 Å². The van der Waals surface area contributed by atoms with Crippen molar-refractivity contribution in [3.63, 3.8) is 0 Å². The first-order valence-electron chi connectivity index (χ1n) is 8.12. The summed E-state index contributed by atoms with van der Waals surface area (Å²) in [6, 6.07) is 8.36. The molecule has 3 aromatic heterocycles. The number of nitrogens with zero attached hydrogens (tertiary/aromatic N) is 5. The number of hydrogen-bond donors (Lipinski definition) is 0. The molecule has 27 heavy (non-hydrogen) atoms. The predicted molar refractivity (Wildman–Crippen MR) is 90.4 cm³/mol. The zero-order valence-corrected chi connectivity index (χ0v) is 14.0. The van der Waals surface area contributed by atoms with Gasteiger partial charge in [0.2, 0.25) is 5.95 Å². The summed E-state index contributed by atoms with van der Waals surface area (Å²) in [5, 5.41) is 10.8. The Morgan fingerprint density at radius 2 is 2.22 bits per heavy atom. The lowest BCUT2D eigenvalue weighted by Crippen LogP contribution is -2.32. The fourth-order valence-electron chi connectivity index (χ4n) is 2.69. The first kappa shape index (κ1) is 17.0. The molecule has 4 rings (SSSR count). The van der Waals surface area contributed by atoms with E-state index in [-0.39, 0.29) is 31.1 Å². The topological polar surface area (TPSA) is 105 Å². The number of hydrogen-bond acceptors (Lipinski definition) is 7. The molecule has 0 bridgehead atoms. The third-order valence-electron chi connectivity index (χ3n) is 4.02. The maximum absolute atomic E-state index is 13.2. The van der Waals surface area contributed by atoms with Crippen LogP contribution >= 0.6 is 0 Å². The minimum atomic E-state index is -0.566. The highest BCUT2D eigenvalue weighted by Gasteiger charge is 2.28. The van der Waals surface area contributed by atoms with Gasteiger partial charge in [-0.15, -0.1) is 0 Å². The van der Waals surface area contributed by atoms with E-state index >= 15 is 0 Å². The molecule has 9 nitrogen and oxygen atoms in total. The van der Waals surface area contributed by atoms with E-state index in [0.29, 0.717) is 23.5 Å². The van der Waals surface area contributed by atoms with Crippen LogP contribution in [0.3, 0.4) is 0 Å². The standard InChI is InChI=1S/C17H14FN5O4/c18-15-3-1-2-14(20-15)11-4-5-12(19-6-11)9-26-13-7-22-8-16(23(24)25)21-17(22)27-10-13/h1-6,8,13H,7,9-10H2/t13-/m0/s1. The van der Waals surface area contributed by atoms with Crippen molar-refractivity contribution >= 4 is 5.82 Å². The van der Waals surface area contributed by atoms with Crippen LogP contribution in [0.15, 0.2) is 42.7 Å². The largest absolute Gasteiger partial charge is 0.443 e. The summed E-state index contributed by atoms with van der Waals surface area (Å²) in [4.78, 5) is 22.1. The SMILES string of the molecule is O=[N+]([O-])c1cn2c(n1)OC[C@@H](OCc1ccc(-c3cccc(F)n3)cn1)C2. The summed E-state index contributed by atoms with van der Waals surface area (Å²) in [6.45, 7) is 0.901. The van der Waals surface area contributed by atoms with Crippen LogP contribution in [0.25, 0.3) is 11.3 Å². The van der Waals surface area contributed by atoms with Gasteiger partial charge in [-0.2, -0.15) is 4.39 Å². The van der Waals surface area contributed by atoms with Crippen LogP contribution in [0.2, 0.25) is 0 Å². The van der Waals surface area contributed by atoms with Gasteiger partial charge in [0.25, 0.3) is 0 Å². The van der Waals surface area contributed by atoms with Crippen molar-refractivity contribution in [1.29, 1.82) is 0 Å². The van der Waals surface area contributed by atoms with Crippen LogP contribution in [0.4, 0.5) is 10.2 Å². The lowest BCUT2D eigenvalue weighted by molar-refractivity contribution is -0.389. The highest BCUT2D eigenvalue weighted by molar-refractivity contribution is 5.57. The molecule has 0 amide bonds. The molecule has 3 aromatic rings. The maximum Gasteiger partial charge on any atom is 0.414 e. The van der Waals surface area contributed by atoms with Gasteiger partial charge in [0.1, 0.15) is 18.9 Å². The average molecular weight is 371 g/mol. The fraction of sp³-hybridized carbons (Fsp3) is 0.235. The van der Waals surface area contributed by atoms with E-state index in [1.165, 1.54) is 12.3 Å². The number of halogens is 1. The number of rotatable bonds is 5. The van der Waals surface area contributed by atoms with Gasteiger partial charge in [-0.1, -0.05) is 6.07 Å². The zero-order valence-electron chi connectivity index (χ0n) is 14.0. The second-order valence-electron chi connectivity index (χ2n) is 5.92. The van der Waals surface area contributed by atoms with Crippen LogP contribution in [-0.2, 0) is 17.9 Å². The molecule has 138 valence electrons. The Bertz CT molecular complexity index is 976. The molecule has 1 aliphatic rings. The smallest absolute Gasteiger partial charge is 0.414 e. The monoisotopic (exact) mass is 371 g/mol. The molecule has 4 heterocycles. The normalized spacial score (nSPS) is 15.8. The van der Waals surface area contributed by atoms with Gasteiger partial charge >= 0.3 is 11.8 Å². The first-order valence-corrected chi connectivity index (χ1v) is 8.12. The Kier molecular flexibility index (Phi) is 4.47. The van der Waals surface area contributed by atoms with Gasteiger partial charge < -0.3 is 19.6 Å². The fourth-order valence-corrected chi connectivity index (χ4v) is 2.69. The summed E-state index contributed by atoms with van der Waals surface area (Å²) in [6.07, 6.45) is 2.65. The number of imidazole rings is 1. The van der Waals surface area contributed by atoms with Crippen molar-refractivity contribution in [2.45, 2.75) is 19.3 Å². The highest BCUT2D eigenvalue weighted by atomic mass is 19.1. The van der Waals surface area contributed by atoms with Crippen molar-refractivity contribution in [2.24, 2.45) is 0 Å². The van der Waals surface area contributed by atoms with Crippen molar-refractivity contribution in [3.05, 3.63) is 64.5 Å². The maximum atomic E-state index is 13.2. The molecule has 0 fully saturated rings. The molecular weight excluding hydrogens is 357 g/mol. The van der Waals surface area contributed by atoms with E-state index in [1.807, 2.05) is 0 Å². The molecule has 1 atom stereocenters. The lowest BCUT2D eigenvalue weighted by atomic mass is 10.2. The van der Waals surface area contributed by atoms with Gasteiger partial charge in [-0.3, -0.25) is 9.55 Å². The summed E-state index contributed by atoms with van der Waals surface area (Å²) in [5.74, 6) is -0.801. The third-order valence-corrected chi connectivity index (χ3v) is 4.02. The van der Waals surface area contributed by atoms with E-state index in [0.717, 1.165) is 0 Å². The molecular formula is C17H14FN5O4. The lowest BCUT2D eigenvalue weighted by Gasteiger charge is -2.22. The number of aromatic nitrogens is 4. The molecule has 0 unspecified atom stereocenters. The molecule has 0 saturated carbocycles. The van der Waals surface area contributed by atoms with Gasteiger partial charge in [0.15, 0.2) is 0 Å². The van der Waals surface area contributed by atoms with Crippen LogP contribution < -0.4 is 4.74 Å². The minimum absolute atomic E-state index is 0.214. The molecule has 10 heteroatoms. The Balaban J connectivity index is 1.37. The molecule has 0 aromatic carbocycles. The zero-order chi connectivity index (χ0) is 18.8. The first-order chi connectivity index (χ1) is 13.1. The number of pyridine rings is 2. The minimum Gasteiger partial charge on any atom is -0.443 e. The van der Waals surface area contributed by atoms with Gasteiger partial charge in [0, 0.05) is 16.7 Å².